The number of aromatic amines is 1. The second kappa shape index (κ2) is 8.52. The summed E-state index contributed by atoms with van der Waals surface area (Å²) in [6, 6.07) is 20.9. The van der Waals surface area contributed by atoms with Crippen molar-refractivity contribution in [3.8, 4) is 0 Å². The van der Waals surface area contributed by atoms with E-state index in [4.69, 9.17) is 11.6 Å². The van der Waals surface area contributed by atoms with Gasteiger partial charge in [-0.1, -0.05) is 54.1 Å². The second-order valence-electron chi connectivity index (χ2n) is 7.94. The number of carbonyl (C=O) groups is 1. The van der Waals surface area contributed by atoms with Gasteiger partial charge in [-0.15, -0.1) is 0 Å². The number of pyridine rings is 1. The quantitative estimate of drug-likeness (QED) is 0.280. The minimum absolute atomic E-state index is 0.132. The molecular weight excluding hydrogens is 434 g/mol. The topological polar surface area (TPSA) is 67.8 Å². The number of hydrogen-bond acceptors (Lipinski definition) is 3. The Kier molecular flexibility index (Phi) is 5.40. The molecule has 6 heteroatoms. The van der Waals surface area contributed by atoms with Gasteiger partial charge in [0.1, 0.15) is 0 Å². The summed E-state index contributed by atoms with van der Waals surface area (Å²) in [4.78, 5) is 29.1. The molecule has 3 aromatic carbocycles. The summed E-state index contributed by atoms with van der Waals surface area (Å²) in [5.74, 6) is -0.352. The fourth-order valence-electron chi connectivity index (χ4n) is 4.12. The molecule has 0 spiro atoms. The van der Waals surface area contributed by atoms with Crippen molar-refractivity contribution in [2.75, 3.05) is 0 Å². The minimum Gasteiger partial charge on any atom is -0.321 e. The Balaban J connectivity index is 1.60. The van der Waals surface area contributed by atoms with E-state index in [9.17, 15) is 9.59 Å². The van der Waals surface area contributed by atoms with Gasteiger partial charge in [0.2, 0.25) is 0 Å². The zero-order valence-electron chi connectivity index (χ0n) is 17.9. The lowest BCUT2D eigenvalue weighted by atomic mass is 9.94. The molecule has 0 amide bonds. The predicted molar refractivity (Wildman–Crippen MR) is 133 cm³/mol. The third kappa shape index (κ3) is 4.11. The van der Waals surface area contributed by atoms with Crippen LogP contribution in [-0.4, -0.2) is 20.5 Å². The maximum atomic E-state index is 13.3. The van der Waals surface area contributed by atoms with Crippen LogP contribution in [0.5, 0.6) is 0 Å². The number of carbonyl (C=O) groups excluding carboxylic acids is 1. The van der Waals surface area contributed by atoms with Gasteiger partial charge >= 0.3 is 0 Å². The molecule has 0 fully saturated rings. The molecule has 2 heterocycles. The van der Waals surface area contributed by atoms with Gasteiger partial charge in [-0.3, -0.25) is 14.3 Å². The number of fused-ring (bicyclic) bond motifs is 2. The van der Waals surface area contributed by atoms with E-state index in [1.807, 2.05) is 55.6 Å². The Labute approximate surface area is 194 Å². The molecule has 0 unspecified atom stereocenters. The first-order chi connectivity index (χ1) is 16.0. The van der Waals surface area contributed by atoms with Gasteiger partial charge in [-0.2, -0.15) is 5.10 Å². The largest absolute Gasteiger partial charge is 0.321 e. The molecule has 0 radical (unpaired) electrons. The van der Waals surface area contributed by atoms with Gasteiger partial charge in [-0.05, 0) is 59.5 Å². The summed E-state index contributed by atoms with van der Waals surface area (Å²) in [6.07, 6.45) is 5.40. The monoisotopic (exact) mass is 453 g/mol. The van der Waals surface area contributed by atoms with Gasteiger partial charge in [0, 0.05) is 28.4 Å². The predicted octanol–water partition coefficient (Wildman–Crippen LogP) is 5.56. The third-order valence-corrected chi connectivity index (χ3v) is 5.99. The number of H-pyrrole nitrogens is 1. The van der Waals surface area contributed by atoms with Crippen LogP contribution in [0.25, 0.3) is 27.9 Å². The fraction of sp³-hybridized carbons (Fsp3) is 0.0741. The standard InChI is InChI=1S/C27H20ClN3O2/c1-31-24-11-7-18(13-19(24)16-29-31)8-12-25(32)26-22(14-17-5-3-2-4-6-17)21-15-20(28)9-10-23(21)30-27(26)33/h2-13,15-16H,14H2,1H3,(H,30,33)/b12-8+. The maximum absolute atomic E-state index is 13.3. The van der Waals surface area contributed by atoms with Crippen LogP contribution in [0.2, 0.25) is 5.02 Å². The van der Waals surface area contributed by atoms with Crippen molar-refractivity contribution in [3.05, 3.63) is 117 Å². The summed E-state index contributed by atoms with van der Waals surface area (Å²) in [5.41, 5.74) is 3.91. The first-order valence-corrected chi connectivity index (χ1v) is 10.9. The first kappa shape index (κ1) is 20.9. The highest BCUT2D eigenvalue weighted by Gasteiger charge is 2.18. The van der Waals surface area contributed by atoms with Crippen molar-refractivity contribution in [1.82, 2.24) is 14.8 Å². The number of aryl methyl sites for hydroxylation is 1. The van der Waals surface area contributed by atoms with E-state index in [-0.39, 0.29) is 11.3 Å². The summed E-state index contributed by atoms with van der Waals surface area (Å²) in [7, 11) is 1.88. The van der Waals surface area contributed by atoms with E-state index in [2.05, 4.69) is 10.1 Å². The van der Waals surface area contributed by atoms with Gasteiger partial charge in [-0.25, -0.2) is 0 Å². The van der Waals surface area contributed by atoms with Gasteiger partial charge in [0.25, 0.3) is 5.56 Å². The van der Waals surface area contributed by atoms with Crippen LogP contribution in [0.15, 0.2) is 83.8 Å². The Morgan fingerprint density at radius 1 is 1.09 bits per heavy atom. The van der Waals surface area contributed by atoms with E-state index in [0.717, 1.165) is 27.4 Å². The molecule has 0 aliphatic rings. The zero-order valence-corrected chi connectivity index (χ0v) is 18.6. The highest BCUT2D eigenvalue weighted by Crippen LogP contribution is 2.25. The fourth-order valence-corrected chi connectivity index (χ4v) is 4.29. The highest BCUT2D eigenvalue weighted by atomic mass is 35.5. The lowest BCUT2D eigenvalue weighted by Gasteiger charge is -2.12. The van der Waals surface area contributed by atoms with Crippen molar-refractivity contribution in [2.24, 2.45) is 7.05 Å². The summed E-state index contributed by atoms with van der Waals surface area (Å²) in [6.45, 7) is 0. The van der Waals surface area contributed by atoms with Crippen molar-refractivity contribution in [3.63, 3.8) is 0 Å². The maximum Gasteiger partial charge on any atom is 0.259 e. The first-order valence-electron chi connectivity index (χ1n) is 10.5. The summed E-state index contributed by atoms with van der Waals surface area (Å²) in [5, 5.41) is 6.54. The number of allylic oxidation sites excluding steroid dienone is 1. The summed E-state index contributed by atoms with van der Waals surface area (Å²) < 4.78 is 1.80. The van der Waals surface area contributed by atoms with E-state index < -0.39 is 5.56 Å². The average molecular weight is 454 g/mol. The molecule has 5 nitrogen and oxygen atoms in total. The van der Waals surface area contributed by atoms with Crippen molar-refractivity contribution >= 4 is 45.3 Å². The Morgan fingerprint density at radius 2 is 1.91 bits per heavy atom. The molecule has 33 heavy (non-hydrogen) atoms. The molecule has 0 aliphatic heterocycles. The van der Waals surface area contributed by atoms with E-state index in [1.54, 1.807) is 35.2 Å². The number of halogens is 1. The smallest absolute Gasteiger partial charge is 0.259 e. The third-order valence-electron chi connectivity index (χ3n) is 5.75. The molecule has 0 saturated heterocycles. The Morgan fingerprint density at radius 3 is 2.73 bits per heavy atom. The number of rotatable bonds is 5. The van der Waals surface area contributed by atoms with E-state index >= 15 is 0 Å². The molecule has 162 valence electrons. The molecule has 0 atom stereocenters. The van der Waals surface area contributed by atoms with E-state index in [0.29, 0.717) is 22.5 Å². The molecule has 1 N–H and O–H groups in total. The van der Waals surface area contributed by atoms with Crippen LogP contribution in [0.4, 0.5) is 0 Å². The summed E-state index contributed by atoms with van der Waals surface area (Å²) >= 11 is 6.26. The van der Waals surface area contributed by atoms with E-state index in [1.165, 1.54) is 6.08 Å². The molecule has 0 saturated carbocycles. The number of ketones is 1. The second-order valence-corrected chi connectivity index (χ2v) is 8.38. The van der Waals surface area contributed by atoms with Gasteiger partial charge < -0.3 is 4.98 Å². The lowest BCUT2D eigenvalue weighted by molar-refractivity contribution is 0.104. The van der Waals surface area contributed by atoms with Crippen LogP contribution in [0.1, 0.15) is 27.0 Å². The molecule has 5 rings (SSSR count). The van der Waals surface area contributed by atoms with Crippen LogP contribution in [0.3, 0.4) is 0 Å². The number of nitrogens with zero attached hydrogens (tertiary/aromatic N) is 2. The Hall–Kier alpha value is -3.96. The molecule has 0 bridgehead atoms. The normalized spacial score (nSPS) is 11.6. The molecular formula is C27H20ClN3O2. The van der Waals surface area contributed by atoms with Gasteiger partial charge in [0.05, 0.1) is 17.3 Å². The van der Waals surface area contributed by atoms with Crippen LogP contribution in [-0.2, 0) is 13.5 Å². The molecule has 0 aliphatic carbocycles. The molecule has 5 aromatic rings. The van der Waals surface area contributed by atoms with Crippen molar-refractivity contribution < 1.29 is 4.79 Å². The van der Waals surface area contributed by atoms with Crippen molar-refractivity contribution in [2.45, 2.75) is 6.42 Å². The van der Waals surface area contributed by atoms with Crippen molar-refractivity contribution in [1.29, 1.82) is 0 Å². The van der Waals surface area contributed by atoms with Crippen LogP contribution >= 0.6 is 11.6 Å². The zero-order chi connectivity index (χ0) is 22.9. The minimum atomic E-state index is -0.409. The van der Waals surface area contributed by atoms with Crippen LogP contribution in [0, 0.1) is 0 Å². The SMILES string of the molecule is Cn1ncc2cc(/C=C/C(=O)c3c(Cc4ccccc4)c4cc(Cl)ccc4[nH]c3=O)ccc21. The van der Waals surface area contributed by atoms with Crippen LogP contribution < -0.4 is 5.56 Å². The number of aromatic nitrogens is 3. The molecule has 2 aromatic heterocycles. The number of benzene rings is 3. The number of nitrogens with one attached hydrogen (secondary N) is 1. The number of hydrogen-bond donors (Lipinski definition) is 1. The highest BCUT2D eigenvalue weighted by molar-refractivity contribution is 6.31. The average Bonchev–Trinajstić information content (AvgIpc) is 3.19. The Bertz CT molecular complexity index is 1600. The van der Waals surface area contributed by atoms with Gasteiger partial charge in [0.15, 0.2) is 5.78 Å². The lowest BCUT2D eigenvalue weighted by Crippen LogP contribution is -2.20.